The van der Waals surface area contributed by atoms with Crippen LogP contribution in [0.1, 0.15) is 72.1 Å². The zero-order chi connectivity index (χ0) is 10.9. The zero-order valence-electron chi connectivity index (χ0n) is 10.9. The highest BCUT2D eigenvalue weighted by atomic mass is 14.5. The van der Waals surface area contributed by atoms with Crippen molar-refractivity contribution in [3.8, 4) is 0 Å². The molecule has 0 bridgehead atoms. The summed E-state index contributed by atoms with van der Waals surface area (Å²) in [6, 6.07) is 0. The first kappa shape index (κ1) is 11.5. The van der Waals surface area contributed by atoms with Gasteiger partial charge in [-0.05, 0) is 48.9 Å². The molecule has 88 valence electrons. The third kappa shape index (κ3) is 1.85. The van der Waals surface area contributed by atoms with Gasteiger partial charge in [0.15, 0.2) is 0 Å². The topological polar surface area (TPSA) is 0 Å². The Morgan fingerprint density at radius 2 is 1.80 bits per heavy atom. The van der Waals surface area contributed by atoms with E-state index < -0.39 is 0 Å². The number of hydrogen-bond donors (Lipinski definition) is 0. The Morgan fingerprint density at radius 3 is 2.47 bits per heavy atom. The Hall–Kier alpha value is 0. The maximum absolute atomic E-state index is 2.62. The van der Waals surface area contributed by atoms with E-state index in [1.807, 2.05) is 0 Å². The lowest BCUT2D eigenvalue weighted by molar-refractivity contribution is -0.0401. The van der Waals surface area contributed by atoms with Gasteiger partial charge in [0.25, 0.3) is 0 Å². The van der Waals surface area contributed by atoms with Crippen LogP contribution in [0.3, 0.4) is 0 Å². The lowest BCUT2D eigenvalue weighted by Gasteiger charge is -2.54. The van der Waals surface area contributed by atoms with Crippen LogP contribution in [0, 0.1) is 23.2 Å². The van der Waals surface area contributed by atoms with E-state index in [1.54, 1.807) is 0 Å². The van der Waals surface area contributed by atoms with Crippen LogP contribution in [0.5, 0.6) is 0 Å². The first-order chi connectivity index (χ1) is 7.22. The molecule has 0 saturated heterocycles. The minimum atomic E-state index is 0.714. The fourth-order valence-electron chi connectivity index (χ4n) is 4.77. The summed E-state index contributed by atoms with van der Waals surface area (Å²) in [7, 11) is 0. The highest BCUT2D eigenvalue weighted by Gasteiger charge is 2.47. The van der Waals surface area contributed by atoms with Crippen molar-refractivity contribution in [1.29, 1.82) is 0 Å². The number of fused-ring (bicyclic) bond motifs is 1. The van der Waals surface area contributed by atoms with Crippen LogP contribution in [0.2, 0.25) is 0 Å². The summed E-state index contributed by atoms with van der Waals surface area (Å²) in [4.78, 5) is 0. The molecule has 2 fully saturated rings. The van der Waals surface area contributed by atoms with E-state index in [0.717, 1.165) is 17.8 Å². The Bertz CT molecular complexity index is 208. The molecule has 0 heterocycles. The monoisotopic (exact) mass is 208 g/mol. The Kier molecular flexibility index (Phi) is 3.42. The summed E-state index contributed by atoms with van der Waals surface area (Å²) < 4.78 is 0. The van der Waals surface area contributed by atoms with E-state index in [0.29, 0.717) is 5.41 Å². The fourth-order valence-corrected chi connectivity index (χ4v) is 4.77. The molecule has 0 aromatic rings. The second-order valence-electron chi connectivity index (χ2n) is 6.21. The molecule has 15 heavy (non-hydrogen) atoms. The third-order valence-corrected chi connectivity index (χ3v) is 5.73. The molecule has 0 spiro atoms. The van der Waals surface area contributed by atoms with Crippen molar-refractivity contribution < 1.29 is 0 Å². The summed E-state index contributed by atoms with van der Waals surface area (Å²) in [6.45, 7) is 7.44. The molecule has 4 unspecified atom stereocenters. The molecule has 0 heteroatoms. The van der Waals surface area contributed by atoms with Gasteiger partial charge in [0, 0.05) is 0 Å². The van der Waals surface area contributed by atoms with Crippen LogP contribution in [0.25, 0.3) is 0 Å². The minimum Gasteiger partial charge on any atom is -0.0651 e. The predicted molar refractivity (Wildman–Crippen MR) is 66.9 cm³/mol. The van der Waals surface area contributed by atoms with Crippen molar-refractivity contribution >= 4 is 0 Å². The lowest BCUT2D eigenvalue weighted by atomic mass is 9.51. The highest BCUT2D eigenvalue weighted by molar-refractivity contribution is 4.97. The summed E-state index contributed by atoms with van der Waals surface area (Å²) >= 11 is 0. The fraction of sp³-hybridized carbons (Fsp3) is 1.00. The van der Waals surface area contributed by atoms with Gasteiger partial charge in [-0.2, -0.15) is 0 Å². The first-order valence-electron chi connectivity index (χ1n) is 7.22. The van der Waals surface area contributed by atoms with Crippen molar-refractivity contribution in [1.82, 2.24) is 0 Å². The van der Waals surface area contributed by atoms with E-state index in [2.05, 4.69) is 20.8 Å². The van der Waals surface area contributed by atoms with E-state index in [-0.39, 0.29) is 0 Å². The second-order valence-corrected chi connectivity index (χ2v) is 6.21. The van der Waals surface area contributed by atoms with Crippen molar-refractivity contribution in [3.05, 3.63) is 0 Å². The molecular weight excluding hydrogens is 180 g/mol. The van der Waals surface area contributed by atoms with Crippen LogP contribution < -0.4 is 0 Å². The molecule has 0 aromatic heterocycles. The number of hydrogen-bond acceptors (Lipinski definition) is 0. The van der Waals surface area contributed by atoms with E-state index >= 15 is 0 Å². The molecule has 0 aromatic carbocycles. The largest absolute Gasteiger partial charge is 0.0651 e. The standard InChI is InChI=1S/C15H28/c1-4-12-9-10-13(5-2)15(3)11-7-6-8-14(12)15/h12-14H,4-11H2,1-3H3. The van der Waals surface area contributed by atoms with Crippen molar-refractivity contribution in [3.63, 3.8) is 0 Å². The Labute approximate surface area is 95.8 Å². The Morgan fingerprint density at radius 1 is 1.00 bits per heavy atom. The average molecular weight is 208 g/mol. The van der Waals surface area contributed by atoms with Gasteiger partial charge in [-0.15, -0.1) is 0 Å². The van der Waals surface area contributed by atoms with Gasteiger partial charge in [-0.25, -0.2) is 0 Å². The smallest absolute Gasteiger partial charge is 0.0267 e. The molecule has 2 rings (SSSR count). The van der Waals surface area contributed by atoms with Gasteiger partial charge < -0.3 is 0 Å². The average Bonchev–Trinajstić information content (AvgIpc) is 2.26. The molecule has 0 amide bonds. The van der Waals surface area contributed by atoms with Crippen molar-refractivity contribution in [2.24, 2.45) is 23.2 Å². The SMILES string of the molecule is CCC1CCC(CC)C2(C)CCCCC12. The zero-order valence-corrected chi connectivity index (χ0v) is 10.9. The van der Waals surface area contributed by atoms with Crippen LogP contribution in [-0.2, 0) is 0 Å². The normalized spacial score (nSPS) is 46.2. The molecule has 2 aliphatic carbocycles. The second kappa shape index (κ2) is 4.47. The third-order valence-electron chi connectivity index (χ3n) is 5.73. The molecule has 4 atom stereocenters. The number of rotatable bonds is 2. The van der Waals surface area contributed by atoms with Crippen molar-refractivity contribution in [2.45, 2.75) is 72.1 Å². The van der Waals surface area contributed by atoms with E-state index in [1.165, 1.54) is 51.4 Å². The molecule has 0 nitrogen and oxygen atoms in total. The van der Waals surface area contributed by atoms with E-state index in [9.17, 15) is 0 Å². The molecule has 0 radical (unpaired) electrons. The molecule has 0 aliphatic heterocycles. The summed E-state index contributed by atoms with van der Waals surface area (Å²) in [5, 5.41) is 0. The van der Waals surface area contributed by atoms with Crippen LogP contribution in [0.15, 0.2) is 0 Å². The van der Waals surface area contributed by atoms with Gasteiger partial charge in [0.05, 0.1) is 0 Å². The molecule has 2 saturated carbocycles. The van der Waals surface area contributed by atoms with E-state index in [4.69, 9.17) is 0 Å². The predicted octanol–water partition coefficient (Wildman–Crippen LogP) is 5.03. The molecule has 2 aliphatic rings. The highest BCUT2D eigenvalue weighted by Crippen LogP contribution is 2.56. The summed E-state index contributed by atoms with van der Waals surface area (Å²) in [5.74, 6) is 3.15. The molecule has 0 N–H and O–H groups in total. The summed E-state index contributed by atoms with van der Waals surface area (Å²) in [5.41, 5.74) is 0.714. The van der Waals surface area contributed by atoms with Gasteiger partial charge in [0.2, 0.25) is 0 Å². The maximum atomic E-state index is 2.62. The first-order valence-corrected chi connectivity index (χ1v) is 7.22. The van der Waals surface area contributed by atoms with Gasteiger partial charge in [-0.1, -0.05) is 46.5 Å². The maximum Gasteiger partial charge on any atom is -0.0267 e. The Balaban J connectivity index is 2.19. The van der Waals surface area contributed by atoms with Crippen LogP contribution in [0.4, 0.5) is 0 Å². The quantitative estimate of drug-likeness (QED) is 0.597. The lowest BCUT2D eigenvalue weighted by Crippen LogP contribution is -2.45. The van der Waals surface area contributed by atoms with Gasteiger partial charge in [-0.3, -0.25) is 0 Å². The van der Waals surface area contributed by atoms with Crippen LogP contribution >= 0.6 is 0 Å². The summed E-state index contributed by atoms with van der Waals surface area (Å²) in [6.07, 6.45) is 11.9. The van der Waals surface area contributed by atoms with Gasteiger partial charge >= 0.3 is 0 Å². The van der Waals surface area contributed by atoms with Crippen LogP contribution in [-0.4, -0.2) is 0 Å². The van der Waals surface area contributed by atoms with Gasteiger partial charge in [0.1, 0.15) is 0 Å². The minimum absolute atomic E-state index is 0.714. The van der Waals surface area contributed by atoms with Crippen molar-refractivity contribution in [2.75, 3.05) is 0 Å². The molecular formula is C15H28.